The normalized spacial score (nSPS) is 31.8. The predicted molar refractivity (Wildman–Crippen MR) is 49.6 cm³/mol. The van der Waals surface area contributed by atoms with Gasteiger partial charge in [-0.2, -0.15) is 0 Å². The molecule has 0 radical (unpaired) electrons. The summed E-state index contributed by atoms with van der Waals surface area (Å²) in [6, 6.07) is 0. The van der Waals surface area contributed by atoms with Crippen LogP contribution in [0.2, 0.25) is 0 Å². The zero-order chi connectivity index (χ0) is 8.32. The second kappa shape index (κ2) is 3.40. The van der Waals surface area contributed by atoms with Crippen molar-refractivity contribution in [3.8, 4) is 0 Å². The highest BCUT2D eigenvalue weighted by Crippen LogP contribution is 2.31. The molecule has 0 bridgehead atoms. The van der Waals surface area contributed by atoms with Gasteiger partial charge < -0.3 is 5.32 Å². The van der Waals surface area contributed by atoms with Gasteiger partial charge in [-0.15, -0.1) is 6.58 Å². The number of hydrogen-bond donors (Lipinski definition) is 1. The van der Waals surface area contributed by atoms with Crippen molar-refractivity contribution < 1.29 is 0 Å². The number of nitrogens with one attached hydrogen (secondary N) is 1. The molecule has 0 aromatic rings. The van der Waals surface area contributed by atoms with E-state index in [4.69, 9.17) is 0 Å². The van der Waals surface area contributed by atoms with E-state index in [9.17, 15) is 0 Å². The van der Waals surface area contributed by atoms with Gasteiger partial charge in [0.05, 0.1) is 0 Å². The molecule has 64 valence electrons. The minimum absolute atomic E-state index is 0.490. The third kappa shape index (κ3) is 2.66. The molecule has 1 saturated heterocycles. The summed E-state index contributed by atoms with van der Waals surface area (Å²) in [5.74, 6) is 0. The summed E-state index contributed by atoms with van der Waals surface area (Å²) in [5, 5.41) is 3.44. The second-order valence-corrected chi connectivity index (χ2v) is 4.22. The van der Waals surface area contributed by atoms with Gasteiger partial charge in [-0.05, 0) is 38.1 Å². The molecule has 1 N–H and O–H groups in total. The van der Waals surface area contributed by atoms with Crippen LogP contribution in [0.3, 0.4) is 0 Å². The maximum Gasteiger partial charge on any atom is 0.000823 e. The van der Waals surface area contributed by atoms with Crippen molar-refractivity contribution in [1.29, 1.82) is 0 Å². The zero-order valence-corrected chi connectivity index (χ0v) is 7.74. The van der Waals surface area contributed by atoms with Gasteiger partial charge in [0.1, 0.15) is 0 Å². The standard InChI is InChI=1S/C10H19N/c1-9(2)7-10(3)5-4-6-11-8-10/h11H,1,4-8H2,2-3H3. The lowest BCUT2D eigenvalue weighted by molar-refractivity contribution is 0.234. The van der Waals surface area contributed by atoms with Crippen molar-refractivity contribution in [3.05, 3.63) is 12.2 Å². The van der Waals surface area contributed by atoms with E-state index >= 15 is 0 Å². The summed E-state index contributed by atoms with van der Waals surface area (Å²) < 4.78 is 0. The Morgan fingerprint density at radius 3 is 2.82 bits per heavy atom. The highest BCUT2D eigenvalue weighted by molar-refractivity contribution is 4.97. The largest absolute Gasteiger partial charge is 0.316 e. The third-order valence-electron chi connectivity index (χ3n) is 2.41. The molecule has 1 heteroatoms. The van der Waals surface area contributed by atoms with Gasteiger partial charge in [-0.25, -0.2) is 0 Å². The van der Waals surface area contributed by atoms with E-state index in [-0.39, 0.29) is 0 Å². The lowest BCUT2D eigenvalue weighted by Gasteiger charge is -2.34. The molecule has 1 aliphatic heterocycles. The molecule has 1 aliphatic rings. The first-order valence-corrected chi connectivity index (χ1v) is 4.47. The lowest BCUT2D eigenvalue weighted by Crippen LogP contribution is -2.37. The van der Waals surface area contributed by atoms with E-state index in [1.807, 2.05) is 0 Å². The van der Waals surface area contributed by atoms with Crippen LogP contribution in [0.4, 0.5) is 0 Å². The smallest absolute Gasteiger partial charge is 0.000823 e. The van der Waals surface area contributed by atoms with Crippen LogP contribution in [-0.4, -0.2) is 13.1 Å². The lowest BCUT2D eigenvalue weighted by atomic mass is 9.78. The van der Waals surface area contributed by atoms with Crippen molar-refractivity contribution in [2.75, 3.05) is 13.1 Å². The zero-order valence-electron chi connectivity index (χ0n) is 7.74. The van der Waals surface area contributed by atoms with Gasteiger partial charge in [0.25, 0.3) is 0 Å². The Bertz CT molecular complexity index is 143. The highest BCUT2D eigenvalue weighted by atomic mass is 14.9. The summed E-state index contributed by atoms with van der Waals surface area (Å²) in [4.78, 5) is 0. The van der Waals surface area contributed by atoms with Crippen LogP contribution in [0, 0.1) is 5.41 Å². The maximum atomic E-state index is 3.97. The Hall–Kier alpha value is -0.300. The first-order chi connectivity index (χ1) is 5.12. The maximum absolute atomic E-state index is 3.97. The molecule has 1 unspecified atom stereocenters. The van der Waals surface area contributed by atoms with Crippen LogP contribution < -0.4 is 5.32 Å². The molecule has 0 aliphatic carbocycles. The van der Waals surface area contributed by atoms with E-state index in [1.165, 1.54) is 37.9 Å². The van der Waals surface area contributed by atoms with Crippen LogP contribution in [0.15, 0.2) is 12.2 Å². The average Bonchev–Trinajstić information content (AvgIpc) is 1.85. The minimum atomic E-state index is 0.490. The molecule has 1 heterocycles. The topological polar surface area (TPSA) is 12.0 Å². The number of rotatable bonds is 2. The van der Waals surface area contributed by atoms with Crippen molar-refractivity contribution in [1.82, 2.24) is 5.32 Å². The third-order valence-corrected chi connectivity index (χ3v) is 2.41. The molecule has 0 aromatic carbocycles. The van der Waals surface area contributed by atoms with Gasteiger partial charge in [0, 0.05) is 6.54 Å². The highest BCUT2D eigenvalue weighted by Gasteiger charge is 2.25. The molecule has 1 rings (SSSR count). The van der Waals surface area contributed by atoms with Crippen molar-refractivity contribution >= 4 is 0 Å². The molecule has 0 saturated carbocycles. The van der Waals surface area contributed by atoms with Crippen LogP contribution in [0.1, 0.15) is 33.1 Å². The van der Waals surface area contributed by atoms with E-state index in [1.54, 1.807) is 0 Å². The summed E-state index contributed by atoms with van der Waals surface area (Å²) in [7, 11) is 0. The van der Waals surface area contributed by atoms with Crippen LogP contribution in [-0.2, 0) is 0 Å². The first kappa shape index (κ1) is 8.79. The van der Waals surface area contributed by atoms with Gasteiger partial charge in [0.2, 0.25) is 0 Å². The fraction of sp³-hybridized carbons (Fsp3) is 0.800. The molecular weight excluding hydrogens is 134 g/mol. The molecule has 0 aromatic heterocycles. The van der Waals surface area contributed by atoms with Crippen LogP contribution >= 0.6 is 0 Å². The number of piperidine rings is 1. The first-order valence-electron chi connectivity index (χ1n) is 4.47. The summed E-state index contributed by atoms with van der Waals surface area (Å²) in [6.45, 7) is 10.8. The van der Waals surface area contributed by atoms with Gasteiger partial charge in [-0.3, -0.25) is 0 Å². The fourth-order valence-corrected chi connectivity index (χ4v) is 2.00. The van der Waals surface area contributed by atoms with E-state index in [0.29, 0.717) is 5.41 Å². The molecule has 1 nitrogen and oxygen atoms in total. The van der Waals surface area contributed by atoms with E-state index in [2.05, 4.69) is 25.7 Å². The second-order valence-electron chi connectivity index (χ2n) is 4.22. The Labute approximate surface area is 69.9 Å². The molecule has 0 amide bonds. The van der Waals surface area contributed by atoms with Crippen LogP contribution in [0.25, 0.3) is 0 Å². The Morgan fingerprint density at radius 1 is 1.64 bits per heavy atom. The van der Waals surface area contributed by atoms with Gasteiger partial charge in [-0.1, -0.05) is 12.5 Å². The van der Waals surface area contributed by atoms with Crippen molar-refractivity contribution in [2.45, 2.75) is 33.1 Å². The summed E-state index contributed by atoms with van der Waals surface area (Å²) in [5.41, 5.74) is 1.81. The fourth-order valence-electron chi connectivity index (χ4n) is 2.00. The molecule has 1 atom stereocenters. The van der Waals surface area contributed by atoms with Gasteiger partial charge >= 0.3 is 0 Å². The average molecular weight is 153 g/mol. The molecular formula is C10H19N. The Morgan fingerprint density at radius 2 is 2.36 bits per heavy atom. The predicted octanol–water partition coefficient (Wildman–Crippen LogP) is 2.34. The van der Waals surface area contributed by atoms with Crippen LogP contribution in [0.5, 0.6) is 0 Å². The van der Waals surface area contributed by atoms with Crippen molar-refractivity contribution in [2.24, 2.45) is 5.41 Å². The van der Waals surface area contributed by atoms with Crippen molar-refractivity contribution in [3.63, 3.8) is 0 Å². The SMILES string of the molecule is C=C(C)CC1(C)CCCNC1. The monoisotopic (exact) mass is 153 g/mol. The van der Waals surface area contributed by atoms with E-state index < -0.39 is 0 Å². The summed E-state index contributed by atoms with van der Waals surface area (Å²) >= 11 is 0. The molecule has 11 heavy (non-hydrogen) atoms. The minimum Gasteiger partial charge on any atom is -0.316 e. The van der Waals surface area contributed by atoms with E-state index in [0.717, 1.165) is 0 Å². The quantitative estimate of drug-likeness (QED) is 0.600. The molecule has 1 fully saturated rings. The Balaban J connectivity index is 2.43. The summed E-state index contributed by atoms with van der Waals surface area (Å²) in [6.07, 6.45) is 3.86. The number of allylic oxidation sites excluding steroid dienone is 1. The Kier molecular flexibility index (Phi) is 2.72. The number of hydrogen-bond acceptors (Lipinski definition) is 1. The van der Waals surface area contributed by atoms with Gasteiger partial charge in [0.15, 0.2) is 0 Å². The molecule has 0 spiro atoms.